The number of nitrogens with zero attached hydrogens (tertiary/aromatic N) is 1. The Bertz CT molecular complexity index is 783. The van der Waals surface area contributed by atoms with Crippen molar-refractivity contribution in [3.05, 3.63) is 64.7 Å². The van der Waals surface area contributed by atoms with Crippen molar-refractivity contribution in [2.24, 2.45) is 0 Å². The zero-order chi connectivity index (χ0) is 14.8. The van der Waals surface area contributed by atoms with Crippen LogP contribution >= 0.6 is 11.6 Å². The summed E-state index contributed by atoms with van der Waals surface area (Å²) in [6, 6.07) is 11.5. The smallest absolute Gasteiger partial charge is 0.254 e. The molecule has 1 aromatic heterocycles. The molecule has 1 heterocycles. The minimum absolute atomic E-state index is 0.0458. The van der Waals surface area contributed by atoms with E-state index in [0.717, 1.165) is 17.1 Å². The second-order valence-corrected chi connectivity index (χ2v) is 4.94. The Hall–Kier alpha value is -2.40. The molecule has 21 heavy (non-hydrogen) atoms. The van der Waals surface area contributed by atoms with Gasteiger partial charge in [0.05, 0.1) is 23.1 Å². The standard InChI is InChI=1S/C15H11ClFN3O/c16-9-5-6-10(11(17)7-9)15(21)18-8-14-19-12-3-1-2-4-13(12)20-14/h1-7H,8H2,(H,18,21)(H,19,20). The molecule has 0 spiro atoms. The SMILES string of the molecule is O=C(NCc1nc2ccccc2[nH]1)c1ccc(Cl)cc1F. The van der Waals surface area contributed by atoms with Crippen molar-refractivity contribution >= 4 is 28.5 Å². The first-order valence-electron chi connectivity index (χ1n) is 6.30. The van der Waals surface area contributed by atoms with Crippen LogP contribution < -0.4 is 5.32 Å². The Morgan fingerprint density at radius 2 is 2.10 bits per heavy atom. The van der Waals surface area contributed by atoms with Crippen LogP contribution in [-0.2, 0) is 6.54 Å². The molecule has 0 atom stereocenters. The van der Waals surface area contributed by atoms with Crippen LogP contribution in [0.2, 0.25) is 5.02 Å². The molecule has 4 nitrogen and oxygen atoms in total. The summed E-state index contributed by atoms with van der Waals surface area (Å²) in [6.07, 6.45) is 0. The number of amides is 1. The zero-order valence-electron chi connectivity index (χ0n) is 10.9. The summed E-state index contributed by atoms with van der Waals surface area (Å²) in [5.74, 6) is -0.548. The quantitative estimate of drug-likeness (QED) is 0.780. The van der Waals surface area contributed by atoms with Gasteiger partial charge in [-0.2, -0.15) is 0 Å². The summed E-state index contributed by atoms with van der Waals surface area (Å²) < 4.78 is 13.6. The fraction of sp³-hybridized carbons (Fsp3) is 0.0667. The van der Waals surface area contributed by atoms with Crippen LogP contribution in [0.3, 0.4) is 0 Å². The molecule has 1 amide bonds. The van der Waals surface area contributed by atoms with Gasteiger partial charge in [0.25, 0.3) is 5.91 Å². The fourth-order valence-corrected chi connectivity index (χ4v) is 2.18. The number of halogens is 2. The van der Waals surface area contributed by atoms with E-state index in [1.807, 2.05) is 24.3 Å². The van der Waals surface area contributed by atoms with Crippen molar-refractivity contribution < 1.29 is 9.18 Å². The van der Waals surface area contributed by atoms with Crippen LogP contribution in [0.25, 0.3) is 11.0 Å². The Morgan fingerprint density at radius 1 is 1.29 bits per heavy atom. The maximum Gasteiger partial charge on any atom is 0.254 e. The van der Waals surface area contributed by atoms with Crippen LogP contribution in [-0.4, -0.2) is 15.9 Å². The predicted octanol–water partition coefficient (Wildman–Crippen LogP) is 3.29. The third-order valence-electron chi connectivity index (χ3n) is 3.03. The Labute approximate surface area is 125 Å². The Balaban J connectivity index is 1.73. The number of fused-ring (bicyclic) bond motifs is 1. The lowest BCUT2D eigenvalue weighted by molar-refractivity contribution is 0.0946. The fourth-order valence-electron chi connectivity index (χ4n) is 2.02. The molecule has 0 bridgehead atoms. The largest absolute Gasteiger partial charge is 0.345 e. The van der Waals surface area contributed by atoms with Gasteiger partial charge in [-0.1, -0.05) is 23.7 Å². The second-order valence-electron chi connectivity index (χ2n) is 4.51. The number of hydrogen-bond donors (Lipinski definition) is 2. The number of imidazole rings is 1. The number of H-pyrrole nitrogens is 1. The van der Waals surface area contributed by atoms with Crippen molar-refractivity contribution in [2.45, 2.75) is 6.54 Å². The number of carbonyl (C=O) groups excluding carboxylic acids is 1. The van der Waals surface area contributed by atoms with E-state index < -0.39 is 11.7 Å². The van der Waals surface area contributed by atoms with E-state index in [4.69, 9.17) is 11.6 Å². The normalized spacial score (nSPS) is 10.8. The average molecular weight is 304 g/mol. The zero-order valence-corrected chi connectivity index (χ0v) is 11.6. The lowest BCUT2D eigenvalue weighted by Crippen LogP contribution is -2.24. The molecule has 0 unspecified atom stereocenters. The van der Waals surface area contributed by atoms with Crippen molar-refractivity contribution in [3.8, 4) is 0 Å². The molecular formula is C15H11ClFN3O. The van der Waals surface area contributed by atoms with E-state index in [1.54, 1.807) is 0 Å². The predicted molar refractivity (Wildman–Crippen MR) is 78.7 cm³/mol. The highest BCUT2D eigenvalue weighted by Crippen LogP contribution is 2.15. The first-order chi connectivity index (χ1) is 10.1. The highest BCUT2D eigenvalue weighted by atomic mass is 35.5. The van der Waals surface area contributed by atoms with Crippen LogP contribution in [0.15, 0.2) is 42.5 Å². The maximum atomic E-state index is 13.6. The summed E-state index contributed by atoms with van der Waals surface area (Å²) in [6.45, 7) is 0.190. The Morgan fingerprint density at radius 3 is 2.86 bits per heavy atom. The number of carbonyl (C=O) groups is 1. The number of para-hydroxylation sites is 2. The number of rotatable bonds is 3. The van der Waals surface area contributed by atoms with Gasteiger partial charge in [-0.25, -0.2) is 9.37 Å². The average Bonchev–Trinajstić information content (AvgIpc) is 2.87. The third kappa shape index (κ3) is 2.87. The summed E-state index contributed by atoms with van der Waals surface area (Å²) in [4.78, 5) is 19.3. The van der Waals surface area contributed by atoms with Gasteiger partial charge in [-0.15, -0.1) is 0 Å². The first-order valence-corrected chi connectivity index (χ1v) is 6.68. The minimum atomic E-state index is -0.649. The lowest BCUT2D eigenvalue weighted by Gasteiger charge is -2.04. The Kier molecular flexibility index (Phi) is 3.58. The summed E-state index contributed by atoms with van der Waals surface area (Å²) in [5, 5.41) is 2.87. The molecule has 0 aliphatic heterocycles. The number of hydrogen-bond acceptors (Lipinski definition) is 2. The van der Waals surface area contributed by atoms with Crippen LogP contribution in [0.1, 0.15) is 16.2 Å². The third-order valence-corrected chi connectivity index (χ3v) is 3.27. The molecule has 0 aliphatic carbocycles. The maximum absolute atomic E-state index is 13.6. The monoisotopic (exact) mass is 303 g/mol. The molecule has 0 radical (unpaired) electrons. The van der Waals surface area contributed by atoms with Gasteiger partial charge in [-0.05, 0) is 30.3 Å². The molecule has 3 aromatic rings. The molecule has 106 valence electrons. The van der Waals surface area contributed by atoms with Gasteiger partial charge in [0, 0.05) is 5.02 Å². The van der Waals surface area contributed by atoms with E-state index in [0.29, 0.717) is 5.82 Å². The number of benzene rings is 2. The van der Waals surface area contributed by atoms with E-state index in [2.05, 4.69) is 15.3 Å². The molecule has 0 saturated heterocycles. The van der Waals surface area contributed by atoms with E-state index in [1.165, 1.54) is 12.1 Å². The summed E-state index contributed by atoms with van der Waals surface area (Å²) in [7, 11) is 0. The summed E-state index contributed by atoms with van der Waals surface area (Å²) >= 11 is 5.65. The number of aromatic amines is 1. The van der Waals surface area contributed by atoms with Crippen molar-refractivity contribution in [1.82, 2.24) is 15.3 Å². The molecule has 0 saturated carbocycles. The molecule has 0 aliphatic rings. The molecule has 6 heteroatoms. The van der Waals surface area contributed by atoms with Gasteiger partial charge in [0.2, 0.25) is 0 Å². The van der Waals surface area contributed by atoms with E-state index >= 15 is 0 Å². The van der Waals surface area contributed by atoms with E-state index in [9.17, 15) is 9.18 Å². The summed E-state index contributed by atoms with van der Waals surface area (Å²) in [5.41, 5.74) is 1.66. The highest BCUT2D eigenvalue weighted by molar-refractivity contribution is 6.30. The van der Waals surface area contributed by atoms with Crippen molar-refractivity contribution in [1.29, 1.82) is 0 Å². The molecular weight excluding hydrogens is 293 g/mol. The second kappa shape index (κ2) is 5.54. The van der Waals surface area contributed by atoms with Gasteiger partial charge >= 0.3 is 0 Å². The van der Waals surface area contributed by atoms with Gasteiger partial charge in [0.15, 0.2) is 0 Å². The molecule has 0 fully saturated rings. The lowest BCUT2D eigenvalue weighted by atomic mass is 10.2. The molecule has 2 N–H and O–H groups in total. The van der Waals surface area contributed by atoms with Crippen molar-refractivity contribution in [2.75, 3.05) is 0 Å². The van der Waals surface area contributed by atoms with Crippen molar-refractivity contribution in [3.63, 3.8) is 0 Å². The topological polar surface area (TPSA) is 57.8 Å². The molecule has 3 rings (SSSR count). The van der Waals surface area contributed by atoms with Crippen LogP contribution in [0.5, 0.6) is 0 Å². The van der Waals surface area contributed by atoms with Gasteiger partial charge in [0.1, 0.15) is 11.6 Å². The highest BCUT2D eigenvalue weighted by Gasteiger charge is 2.12. The first kappa shape index (κ1) is 13.6. The number of nitrogens with one attached hydrogen (secondary N) is 2. The van der Waals surface area contributed by atoms with Crippen LogP contribution in [0.4, 0.5) is 4.39 Å². The van der Waals surface area contributed by atoms with E-state index in [-0.39, 0.29) is 17.1 Å². The van der Waals surface area contributed by atoms with Gasteiger partial charge in [-0.3, -0.25) is 4.79 Å². The van der Waals surface area contributed by atoms with Gasteiger partial charge < -0.3 is 10.3 Å². The minimum Gasteiger partial charge on any atom is -0.345 e. The molecule has 2 aromatic carbocycles. The van der Waals surface area contributed by atoms with Crippen LogP contribution in [0, 0.1) is 5.82 Å². The number of aromatic nitrogens is 2.